The lowest BCUT2D eigenvalue weighted by Crippen LogP contribution is -2.29. The predicted molar refractivity (Wildman–Crippen MR) is 68.3 cm³/mol. The predicted octanol–water partition coefficient (Wildman–Crippen LogP) is 3.57. The molecule has 0 saturated heterocycles. The SMILES string of the molecule is CC(Cl)CCN(C)C(=O)c1cccc(Cl)c1F. The zero-order valence-electron chi connectivity index (χ0n) is 9.71. The number of amides is 1. The van der Waals surface area contributed by atoms with Gasteiger partial charge in [0.1, 0.15) is 0 Å². The van der Waals surface area contributed by atoms with E-state index in [2.05, 4.69) is 0 Å². The second kappa shape index (κ2) is 6.22. The molecule has 1 amide bonds. The largest absolute Gasteiger partial charge is 0.342 e. The van der Waals surface area contributed by atoms with Crippen LogP contribution in [0.25, 0.3) is 0 Å². The number of alkyl halides is 1. The highest BCUT2D eigenvalue weighted by Crippen LogP contribution is 2.19. The fraction of sp³-hybridized carbons (Fsp3) is 0.417. The molecule has 0 radical (unpaired) electrons. The van der Waals surface area contributed by atoms with Gasteiger partial charge in [0.05, 0.1) is 10.6 Å². The molecule has 0 saturated carbocycles. The standard InChI is InChI=1S/C12H14Cl2FNO/c1-8(13)6-7-16(2)12(17)9-4-3-5-10(14)11(9)15/h3-5,8H,6-7H2,1-2H3. The van der Waals surface area contributed by atoms with E-state index >= 15 is 0 Å². The minimum absolute atomic E-state index is 0.0118. The second-order valence-corrected chi connectivity index (χ2v) is 5.05. The molecule has 2 nitrogen and oxygen atoms in total. The summed E-state index contributed by atoms with van der Waals surface area (Å²) in [6, 6.07) is 4.38. The number of hydrogen-bond donors (Lipinski definition) is 0. The van der Waals surface area contributed by atoms with Crippen molar-refractivity contribution in [3.63, 3.8) is 0 Å². The maximum Gasteiger partial charge on any atom is 0.256 e. The highest BCUT2D eigenvalue weighted by atomic mass is 35.5. The Bertz CT molecular complexity index is 409. The van der Waals surface area contributed by atoms with Crippen LogP contribution in [0, 0.1) is 5.82 Å². The van der Waals surface area contributed by atoms with Crippen LogP contribution in [0.1, 0.15) is 23.7 Å². The van der Waals surface area contributed by atoms with Gasteiger partial charge in [0.25, 0.3) is 5.91 Å². The zero-order valence-corrected chi connectivity index (χ0v) is 11.2. The molecule has 0 N–H and O–H groups in total. The lowest BCUT2D eigenvalue weighted by atomic mass is 10.2. The Kier molecular flexibility index (Phi) is 5.22. The first-order valence-electron chi connectivity index (χ1n) is 5.27. The third-order valence-electron chi connectivity index (χ3n) is 2.39. The number of halogens is 3. The number of benzene rings is 1. The monoisotopic (exact) mass is 277 g/mol. The van der Waals surface area contributed by atoms with Gasteiger partial charge < -0.3 is 4.90 Å². The molecule has 0 aliphatic heterocycles. The quantitative estimate of drug-likeness (QED) is 0.771. The van der Waals surface area contributed by atoms with Gasteiger partial charge in [0.15, 0.2) is 5.82 Å². The highest BCUT2D eigenvalue weighted by Gasteiger charge is 2.17. The van der Waals surface area contributed by atoms with Gasteiger partial charge in [-0.1, -0.05) is 17.7 Å². The van der Waals surface area contributed by atoms with Gasteiger partial charge in [-0.05, 0) is 25.5 Å². The lowest BCUT2D eigenvalue weighted by molar-refractivity contribution is 0.0789. The molecule has 1 rings (SSSR count). The Morgan fingerprint density at radius 3 is 2.76 bits per heavy atom. The van der Waals surface area contributed by atoms with Gasteiger partial charge in [-0.15, -0.1) is 11.6 Å². The van der Waals surface area contributed by atoms with Crippen LogP contribution in [-0.2, 0) is 0 Å². The van der Waals surface area contributed by atoms with E-state index in [1.165, 1.54) is 17.0 Å². The summed E-state index contributed by atoms with van der Waals surface area (Å²) >= 11 is 11.4. The van der Waals surface area contributed by atoms with Crippen LogP contribution in [0.3, 0.4) is 0 Å². The molecular formula is C12H14Cl2FNO. The smallest absolute Gasteiger partial charge is 0.256 e. The number of rotatable bonds is 4. The molecule has 17 heavy (non-hydrogen) atoms. The summed E-state index contributed by atoms with van der Waals surface area (Å²) in [5.74, 6) is -1.06. The fourth-order valence-electron chi connectivity index (χ4n) is 1.35. The van der Waals surface area contributed by atoms with Crippen molar-refractivity contribution in [3.8, 4) is 0 Å². The van der Waals surface area contributed by atoms with E-state index in [1.807, 2.05) is 6.92 Å². The summed E-state index contributed by atoms with van der Waals surface area (Å²) < 4.78 is 13.6. The third-order valence-corrected chi connectivity index (χ3v) is 2.90. The first kappa shape index (κ1) is 14.3. The van der Waals surface area contributed by atoms with Crippen molar-refractivity contribution < 1.29 is 9.18 Å². The van der Waals surface area contributed by atoms with Gasteiger partial charge in [0.2, 0.25) is 0 Å². The van der Waals surface area contributed by atoms with Crippen LogP contribution in [0.5, 0.6) is 0 Å². The average molecular weight is 278 g/mol. The van der Waals surface area contributed by atoms with Gasteiger partial charge in [-0.2, -0.15) is 0 Å². The van der Waals surface area contributed by atoms with Crippen molar-refractivity contribution in [1.82, 2.24) is 4.90 Å². The van der Waals surface area contributed by atoms with Crippen LogP contribution in [-0.4, -0.2) is 29.8 Å². The topological polar surface area (TPSA) is 20.3 Å². The molecule has 1 atom stereocenters. The molecular weight excluding hydrogens is 264 g/mol. The molecule has 0 aliphatic rings. The van der Waals surface area contributed by atoms with Crippen molar-refractivity contribution in [2.24, 2.45) is 0 Å². The molecule has 94 valence electrons. The molecule has 0 heterocycles. The van der Waals surface area contributed by atoms with Crippen LogP contribution >= 0.6 is 23.2 Å². The maximum absolute atomic E-state index is 13.6. The van der Waals surface area contributed by atoms with Crippen molar-refractivity contribution >= 4 is 29.1 Å². The summed E-state index contributed by atoms with van der Waals surface area (Å²) in [4.78, 5) is 13.4. The third kappa shape index (κ3) is 3.86. The number of carbonyl (C=O) groups is 1. The highest BCUT2D eigenvalue weighted by molar-refractivity contribution is 6.31. The van der Waals surface area contributed by atoms with Gasteiger partial charge in [-0.25, -0.2) is 4.39 Å². The minimum Gasteiger partial charge on any atom is -0.342 e. The molecule has 1 unspecified atom stereocenters. The van der Waals surface area contributed by atoms with Gasteiger partial charge >= 0.3 is 0 Å². The minimum atomic E-state index is -0.676. The first-order valence-corrected chi connectivity index (χ1v) is 6.08. The summed E-state index contributed by atoms with van der Waals surface area (Å²) in [6.07, 6.45) is 0.659. The number of carbonyl (C=O) groups excluding carboxylic acids is 1. The second-order valence-electron chi connectivity index (χ2n) is 3.90. The first-order chi connectivity index (χ1) is 7.93. The van der Waals surface area contributed by atoms with Crippen LogP contribution in [0.4, 0.5) is 4.39 Å². The van der Waals surface area contributed by atoms with Crippen LogP contribution in [0.2, 0.25) is 5.02 Å². The summed E-state index contributed by atoms with van der Waals surface area (Å²) in [6.45, 7) is 2.33. The van der Waals surface area contributed by atoms with E-state index in [1.54, 1.807) is 13.1 Å². The van der Waals surface area contributed by atoms with Crippen molar-refractivity contribution in [2.45, 2.75) is 18.7 Å². The van der Waals surface area contributed by atoms with Crippen LogP contribution < -0.4 is 0 Å². The summed E-state index contributed by atoms with van der Waals surface area (Å²) in [7, 11) is 1.61. The molecule has 5 heteroatoms. The Labute approximate surface area is 110 Å². The van der Waals surface area contributed by atoms with Crippen molar-refractivity contribution in [2.75, 3.05) is 13.6 Å². The lowest BCUT2D eigenvalue weighted by Gasteiger charge is -2.18. The molecule has 0 aromatic heterocycles. The van der Waals surface area contributed by atoms with E-state index < -0.39 is 5.82 Å². The molecule has 0 spiro atoms. The van der Waals surface area contributed by atoms with E-state index in [9.17, 15) is 9.18 Å². The number of nitrogens with zero attached hydrogens (tertiary/aromatic N) is 1. The van der Waals surface area contributed by atoms with Gasteiger partial charge in [0, 0.05) is 19.0 Å². The molecule has 0 fully saturated rings. The Morgan fingerprint density at radius 1 is 1.53 bits per heavy atom. The van der Waals surface area contributed by atoms with E-state index in [0.717, 1.165) is 0 Å². The van der Waals surface area contributed by atoms with Crippen molar-refractivity contribution in [3.05, 3.63) is 34.6 Å². The summed E-state index contributed by atoms with van der Waals surface area (Å²) in [5.41, 5.74) is -0.0118. The van der Waals surface area contributed by atoms with E-state index in [-0.39, 0.29) is 21.9 Å². The molecule has 1 aromatic carbocycles. The Morgan fingerprint density at radius 2 is 2.18 bits per heavy atom. The maximum atomic E-state index is 13.6. The van der Waals surface area contributed by atoms with Crippen molar-refractivity contribution in [1.29, 1.82) is 0 Å². The number of hydrogen-bond acceptors (Lipinski definition) is 1. The Balaban J connectivity index is 2.78. The van der Waals surface area contributed by atoms with Crippen LogP contribution in [0.15, 0.2) is 18.2 Å². The zero-order chi connectivity index (χ0) is 13.0. The normalized spacial score (nSPS) is 12.3. The van der Waals surface area contributed by atoms with Gasteiger partial charge in [-0.3, -0.25) is 4.79 Å². The average Bonchev–Trinajstić information content (AvgIpc) is 2.28. The molecule has 0 aliphatic carbocycles. The molecule has 1 aromatic rings. The Hall–Kier alpha value is -0.800. The fourth-order valence-corrected chi connectivity index (χ4v) is 1.62. The molecule has 0 bridgehead atoms. The van der Waals surface area contributed by atoms with E-state index in [0.29, 0.717) is 13.0 Å². The van der Waals surface area contributed by atoms with E-state index in [4.69, 9.17) is 23.2 Å². The summed E-state index contributed by atoms with van der Waals surface area (Å²) in [5, 5.41) is -0.0654.